The lowest BCUT2D eigenvalue weighted by atomic mass is 10.1. The Morgan fingerprint density at radius 3 is 2.52 bits per heavy atom. The summed E-state index contributed by atoms with van der Waals surface area (Å²) in [6, 6.07) is 13.1. The molecule has 3 aromatic rings. The average molecular weight is 457 g/mol. The molecule has 3 rings (SSSR count). The van der Waals surface area contributed by atoms with Gasteiger partial charge in [-0.1, -0.05) is 34.1 Å². The Morgan fingerprint density at radius 2 is 1.86 bits per heavy atom. The quantitative estimate of drug-likeness (QED) is 0.440. The first-order chi connectivity index (χ1) is 13.9. The maximum atomic E-state index is 12.6. The largest absolute Gasteiger partial charge is 0.483 e. The molecule has 0 saturated heterocycles. The van der Waals surface area contributed by atoms with Crippen LogP contribution in [0.4, 0.5) is 0 Å². The zero-order valence-electron chi connectivity index (χ0n) is 16.3. The molecule has 1 heterocycles. The van der Waals surface area contributed by atoms with Gasteiger partial charge in [0, 0.05) is 10.2 Å². The highest BCUT2D eigenvalue weighted by atomic mass is 79.9. The number of halogens is 1. The molecule has 29 heavy (non-hydrogen) atoms. The van der Waals surface area contributed by atoms with Gasteiger partial charge in [-0.3, -0.25) is 14.7 Å². The topological polar surface area (TPSA) is 88.5 Å². The second-order valence-corrected chi connectivity index (χ2v) is 7.49. The van der Waals surface area contributed by atoms with E-state index in [0.29, 0.717) is 17.0 Å². The van der Waals surface area contributed by atoms with Gasteiger partial charge in [0.25, 0.3) is 11.5 Å². The number of hydrogen-bond acceptors (Lipinski definition) is 4. The third-order valence-electron chi connectivity index (χ3n) is 4.29. The number of ether oxygens (including phenoxy) is 1. The van der Waals surface area contributed by atoms with Crippen molar-refractivity contribution in [3.8, 4) is 11.4 Å². The summed E-state index contributed by atoms with van der Waals surface area (Å²) in [6.45, 7) is 5.42. The molecule has 150 valence electrons. The number of hydrogen-bond donors (Lipinski definition) is 2. The van der Waals surface area contributed by atoms with Crippen molar-refractivity contribution in [1.29, 1.82) is 0 Å². The van der Waals surface area contributed by atoms with E-state index in [0.717, 1.165) is 21.3 Å². The molecule has 0 bridgehead atoms. The number of nitrogens with one attached hydrogen (secondary N) is 2. The first-order valence-electron chi connectivity index (χ1n) is 8.95. The van der Waals surface area contributed by atoms with Crippen molar-refractivity contribution in [1.82, 2.24) is 15.2 Å². The van der Waals surface area contributed by atoms with E-state index < -0.39 is 5.91 Å². The van der Waals surface area contributed by atoms with Crippen LogP contribution in [0, 0.1) is 20.8 Å². The summed E-state index contributed by atoms with van der Waals surface area (Å²) in [5.74, 6) is 0.249. The van der Waals surface area contributed by atoms with Crippen molar-refractivity contribution < 1.29 is 9.53 Å². The molecule has 0 fully saturated rings. The lowest BCUT2D eigenvalue weighted by molar-refractivity contribution is -0.123. The van der Waals surface area contributed by atoms with Crippen molar-refractivity contribution in [3.63, 3.8) is 0 Å². The molecule has 0 aliphatic carbocycles. The minimum atomic E-state index is -0.417. The second-order valence-electron chi connectivity index (χ2n) is 6.58. The number of nitrogens with zero attached hydrogens (tertiary/aromatic N) is 2. The fraction of sp³-hybridized carbons (Fsp3) is 0.190. The number of aryl methyl sites for hydroxylation is 3. The molecule has 0 aliphatic rings. The Balaban J connectivity index is 1.64. The Bertz CT molecular complexity index is 1090. The summed E-state index contributed by atoms with van der Waals surface area (Å²) in [6.07, 6.45) is 1.33. The molecule has 8 heteroatoms. The zero-order valence-corrected chi connectivity index (χ0v) is 17.9. The molecule has 7 nitrogen and oxygen atoms in total. The number of carbonyl (C=O) groups excluding carboxylic acids is 1. The van der Waals surface area contributed by atoms with Crippen molar-refractivity contribution in [2.75, 3.05) is 6.61 Å². The highest BCUT2D eigenvalue weighted by molar-refractivity contribution is 9.10. The van der Waals surface area contributed by atoms with Crippen LogP contribution in [0.2, 0.25) is 0 Å². The summed E-state index contributed by atoms with van der Waals surface area (Å²) in [4.78, 5) is 24.6. The fourth-order valence-electron chi connectivity index (χ4n) is 2.93. The van der Waals surface area contributed by atoms with Crippen LogP contribution in [0.5, 0.6) is 5.75 Å². The van der Waals surface area contributed by atoms with Gasteiger partial charge < -0.3 is 4.74 Å². The van der Waals surface area contributed by atoms with Gasteiger partial charge in [-0.25, -0.2) is 10.1 Å². The first kappa shape index (κ1) is 20.6. The molecule has 2 N–H and O–H groups in total. The lowest BCUT2D eigenvalue weighted by Crippen LogP contribution is -2.25. The number of rotatable bonds is 6. The van der Waals surface area contributed by atoms with Crippen LogP contribution in [-0.2, 0) is 4.79 Å². The maximum Gasteiger partial charge on any atom is 0.280 e. The summed E-state index contributed by atoms with van der Waals surface area (Å²) in [5, 5.41) is 6.90. The molecular weight excluding hydrogens is 436 g/mol. The van der Waals surface area contributed by atoms with E-state index in [9.17, 15) is 9.59 Å². The molecule has 0 radical (unpaired) electrons. The predicted molar refractivity (Wildman–Crippen MR) is 116 cm³/mol. The van der Waals surface area contributed by atoms with Gasteiger partial charge in [0.05, 0.1) is 17.5 Å². The summed E-state index contributed by atoms with van der Waals surface area (Å²) in [7, 11) is 0. The third kappa shape index (κ3) is 4.83. The Hall–Kier alpha value is -3.13. The molecular formula is C21H21BrN4O3. The SMILES string of the molecule is Cc1cc(Br)cc(C)c1OCC(=O)N/N=C\c1c(C)[nH]n(-c2ccccc2)c1=O. The number of amides is 1. The summed E-state index contributed by atoms with van der Waals surface area (Å²) in [5.41, 5.74) is 5.74. The molecule has 0 unspecified atom stereocenters. The Morgan fingerprint density at radius 1 is 1.21 bits per heavy atom. The molecule has 0 aliphatic heterocycles. The summed E-state index contributed by atoms with van der Waals surface area (Å²) < 4.78 is 8.00. The fourth-order valence-corrected chi connectivity index (χ4v) is 3.62. The van der Waals surface area contributed by atoms with E-state index in [-0.39, 0.29) is 12.2 Å². The average Bonchev–Trinajstić information content (AvgIpc) is 2.96. The van der Waals surface area contributed by atoms with Gasteiger partial charge in [0.2, 0.25) is 0 Å². The number of aromatic amines is 1. The van der Waals surface area contributed by atoms with Crippen LogP contribution in [0.25, 0.3) is 5.69 Å². The molecule has 2 aromatic carbocycles. The number of aromatic nitrogens is 2. The van der Waals surface area contributed by atoms with Crippen LogP contribution in [0.3, 0.4) is 0 Å². The highest BCUT2D eigenvalue weighted by Crippen LogP contribution is 2.27. The molecule has 1 amide bonds. The third-order valence-corrected chi connectivity index (χ3v) is 4.74. The van der Waals surface area contributed by atoms with E-state index in [1.54, 1.807) is 6.92 Å². The van der Waals surface area contributed by atoms with Gasteiger partial charge in [0.15, 0.2) is 6.61 Å². The summed E-state index contributed by atoms with van der Waals surface area (Å²) >= 11 is 3.43. The maximum absolute atomic E-state index is 12.6. The molecule has 0 spiro atoms. The first-order valence-corrected chi connectivity index (χ1v) is 9.74. The van der Waals surface area contributed by atoms with Crippen molar-refractivity contribution in [2.45, 2.75) is 20.8 Å². The van der Waals surface area contributed by atoms with Crippen LogP contribution >= 0.6 is 15.9 Å². The number of para-hydroxylation sites is 1. The van der Waals surface area contributed by atoms with Gasteiger partial charge in [-0.05, 0) is 56.2 Å². The normalized spacial score (nSPS) is 11.0. The van der Waals surface area contributed by atoms with Crippen LogP contribution in [0.1, 0.15) is 22.4 Å². The van der Waals surface area contributed by atoms with Crippen LogP contribution < -0.4 is 15.7 Å². The van der Waals surface area contributed by atoms with E-state index >= 15 is 0 Å². The number of benzene rings is 2. The number of H-pyrrole nitrogens is 1. The molecule has 1 aromatic heterocycles. The van der Waals surface area contributed by atoms with E-state index in [2.05, 4.69) is 31.6 Å². The van der Waals surface area contributed by atoms with Gasteiger partial charge in [0.1, 0.15) is 5.75 Å². The Labute approximate surface area is 176 Å². The smallest absolute Gasteiger partial charge is 0.280 e. The highest BCUT2D eigenvalue weighted by Gasteiger charge is 2.11. The number of hydrazone groups is 1. The second kappa shape index (κ2) is 8.91. The minimum Gasteiger partial charge on any atom is -0.483 e. The van der Waals surface area contributed by atoms with Crippen molar-refractivity contribution >= 4 is 28.1 Å². The molecule has 0 saturated carbocycles. The van der Waals surface area contributed by atoms with Crippen molar-refractivity contribution in [2.24, 2.45) is 5.10 Å². The lowest BCUT2D eigenvalue weighted by Gasteiger charge is -2.11. The monoisotopic (exact) mass is 456 g/mol. The number of carbonyl (C=O) groups is 1. The molecule has 0 atom stereocenters. The predicted octanol–water partition coefficient (Wildman–Crippen LogP) is 3.38. The van der Waals surface area contributed by atoms with Crippen LogP contribution in [-0.4, -0.2) is 28.5 Å². The standard InChI is InChI=1S/C21H21BrN4O3/c1-13-9-16(22)10-14(2)20(13)29-12-19(27)24-23-11-18-15(3)25-26(21(18)28)17-7-5-4-6-8-17/h4-11,25H,12H2,1-3H3,(H,24,27)/b23-11-. The van der Waals surface area contributed by atoms with Crippen LogP contribution in [0.15, 0.2) is 56.8 Å². The van der Waals surface area contributed by atoms with Gasteiger partial charge in [-0.2, -0.15) is 5.10 Å². The Kier molecular flexibility index (Phi) is 6.33. The zero-order chi connectivity index (χ0) is 21.0. The van der Waals surface area contributed by atoms with E-state index in [1.165, 1.54) is 10.9 Å². The van der Waals surface area contributed by atoms with E-state index in [1.807, 2.05) is 56.3 Å². The van der Waals surface area contributed by atoms with Gasteiger partial charge >= 0.3 is 0 Å². The van der Waals surface area contributed by atoms with Crippen molar-refractivity contribution in [3.05, 3.63) is 79.7 Å². The van der Waals surface area contributed by atoms with E-state index in [4.69, 9.17) is 4.74 Å². The van der Waals surface area contributed by atoms with Gasteiger partial charge in [-0.15, -0.1) is 0 Å². The minimum absolute atomic E-state index is 0.180.